The van der Waals surface area contributed by atoms with Crippen molar-refractivity contribution in [3.8, 4) is 0 Å². The lowest BCUT2D eigenvalue weighted by Gasteiger charge is -2.31. The molecule has 2 rings (SSSR count). The molecule has 0 aromatic carbocycles. The van der Waals surface area contributed by atoms with Gasteiger partial charge in [0.25, 0.3) is 0 Å². The Morgan fingerprint density at radius 1 is 1.47 bits per heavy atom. The summed E-state index contributed by atoms with van der Waals surface area (Å²) in [4.78, 5) is 4.46. The molecule has 1 saturated heterocycles. The summed E-state index contributed by atoms with van der Waals surface area (Å²) >= 11 is 0. The first-order chi connectivity index (χ1) is 7.25. The average Bonchev–Trinajstić information content (AvgIpc) is 2.22. The molecule has 0 bridgehead atoms. The molecule has 2 heterocycles. The van der Waals surface area contributed by atoms with Gasteiger partial charge in [-0.15, -0.1) is 0 Å². The number of hydrogen-bond acceptors (Lipinski definition) is 3. The maximum atomic E-state index is 4.46. The molecule has 1 fully saturated rings. The topological polar surface area (TPSA) is 37.0 Å². The van der Waals surface area contributed by atoms with Crippen LogP contribution in [0, 0.1) is 6.92 Å². The van der Waals surface area contributed by atoms with Crippen LogP contribution in [0.2, 0.25) is 0 Å². The maximum absolute atomic E-state index is 4.46. The number of nitrogens with one attached hydrogen (secondary N) is 2. The fraction of sp³-hybridized carbons (Fsp3) is 0.583. The van der Waals surface area contributed by atoms with Gasteiger partial charge in [-0.1, -0.05) is 6.07 Å². The van der Waals surface area contributed by atoms with Crippen LogP contribution < -0.4 is 10.6 Å². The van der Waals surface area contributed by atoms with Gasteiger partial charge in [0, 0.05) is 17.8 Å². The monoisotopic (exact) mass is 205 g/mol. The lowest BCUT2D eigenvalue weighted by Crippen LogP contribution is -2.46. The van der Waals surface area contributed by atoms with Crippen LogP contribution in [0.5, 0.6) is 0 Å². The zero-order chi connectivity index (χ0) is 10.7. The van der Waals surface area contributed by atoms with E-state index in [2.05, 4.69) is 22.5 Å². The molecule has 0 saturated carbocycles. The number of hydrogen-bond donors (Lipinski definition) is 2. The maximum Gasteiger partial charge on any atom is 0.126 e. The molecule has 1 aliphatic rings. The number of rotatable bonds is 2. The first-order valence-electron chi connectivity index (χ1n) is 5.69. The van der Waals surface area contributed by atoms with Crippen molar-refractivity contribution in [2.45, 2.75) is 38.8 Å². The molecular formula is C12H19N3. The SMILES string of the molecule is Cc1cccc(NC2CCCNC2C)n1. The van der Waals surface area contributed by atoms with Gasteiger partial charge in [-0.2, -0.15) is 0 Å². The summed E-state index contributed by atoms with van der Waals surface area (Å²) in [6.45, 7) is 5.39. The van der Waals surface area contributed by atoms with E-state index in [-0.39, 0.29) is 0 Å². The van der Waals surface area contributed by atoms with Crippen LogP contribution in [0.15, 0.2) is 18.2 Å². The molecule has 1 aliphatic heterocycles. The average molecular weight is 205 g/mol. The van der Waals surface area contributed by atoms with Crippen LogP contribution in [0.3, 0.4) is 0 Å². The van der Waals surface area contributed by atoms with Gasteiger partial charge >= 0.3 is 0 Å². The Balaban J connectivity index is 2.01. The summed E-state index contributed by atoms with van der Waals surface area (Å²) in [5, 5.41) is 6.97. The van der Waals surface area contributed by atoms with Crippen LogP contribution in [-0.4, -0.2) is 23.6 Å². The third-order valence-corrected chi connectivity index (χ3v) is 2.98. The minimum absolute atomic E-state index is 0.507. The van der Waals surface area contributed by atoms with Crippen LogP contribution in [0.1, 0.15) is 25.5 Å². The Morgan fingerprint density at radius 3 is 3.07 bits per heavy atom. The predicted molar refractivity (Wildman–Crippen MR) is 63.1 cm³/mol. The quantitative estimate of drug-likeness (QED) is 0.774. The van der Waals surface area contributed by atoms with Crippen LogP contribution in [-0.2, 0) is 0 Å². The van der Waals surface area contributed by atoms with Crippen molar-refractivity contribution in [1.29, 1.82) is 0 Å². The molecule has 0 spiro atoms. The smallest absolute Gasteiger partial charge is 0.126 e. The van der Waals surface area contributed by atoms with Crippen molar-refractivity contribution in [2.24, 2.45) is 0 Å². The fourth-order valence-corrected chi connectivity index (χ4v) is 2.05. The molecule has 1 aromatic rings. The van der Waals surface area contributed by atoms with Gasteiger partial charge < -0.3 is 10.6 Å². The van der Waals surface area contributed by atoms with Crippen molar-refractivity contribution < 1.29 is 0 Å². The van der Waals surface area contributed by atoms with Gasteiger partial charge in [0.15, 0.2) is 0 Å². The third kappa shape index (κ3) is 2.69. The molecule has 0 radical (unpaired) electrons. The van der Waals surface area contributed by atoms with Crippen molar-refractivity contribution in [3.05, 3.63) is 23.9 Å². The molecule has 15 heavy (non-hydrogen) atoms. The number of piperidine rings is 1. The summed E-state index contributed by atoms with van der Waals surface area (Å²) in [7, 11) is 0. The van der Waals surface area contributed by atoms with E-state index in [4.69, 9.17) is 0 Å². The van der Waals surface area contributed by atoms with E-state index in [0.717, 1.165) is 18.1 Å². The molecule has 0 aliphatic carbocycles. The predicted octanol–water partition coefficient (Wildman–Crippen LogP) is 1.94. The Labute approximate surface area is 91.3 Å². The second-order valence-electron chi connectivity index (χ2n) is 4.30. The molecule has 2 atom stereocenters. The van der Waals surface area contributed by atoms with Crippen LogP contribution in [0.4, 0.5) is 5.82 Å². The number of pyridine rings is 1. The first kappa shape index (κ1) is 10.4. The second-order valence-corrected chi connectivity index (χ2v) is 4.30. The molecule has 1 aromatic heterocycles. The van der Waals surface area contributed by atoms with E-state index in [1.165, 1.54) is 12.8 Å². The minimum atomic E-state index is 0.507. The van der Waals surface area contributed by atoms with Crippen molar-refractivity contribution in [2.75, 3.05) is 11.9 Å². The zero-order valence-corrected chi connectivity index (χ0v) is 9.46. The van der Waals surface area contributed by atoms with Crippen molar-refractivity contribution in [1.82, 2.24) is 10.3 Å². The Hall–Kier alpha value is -1.09. The van der Waals surface area contributed by atoms with Gasteiger partial charge in [0.05, 0.1) is 0 Å². The Bertz CT molecular complexity index is 324. The highest BCUT2D eigenvalue weighted by atomic mass is 15.1. The molecule has 2 unspecified atom stereocenters. The lowest BCUT2D eigenvalue weighted by atomic mass is 10.00. The minimum Gasteiger partial charge on any atom is -0.366 e. The summed E-state index contributed by atoms with van der Waals surface area (Å²) in [6.07, 6.45) is 2.47. The van der Waals surface area contributed by atoms with E-state index in [1.807, 2.05) is 25.1 Å². The highest BCUT2D eigenvalue weighted by Gasteiger charge is 2.20. The van der Waals surface area contributed by atoms with E-state index in [9.17, 15) is 0 Å². The largest absolute Gasteiger partial charge is 0.366 e. The van der Waals surface area contributed by atoms with Crippen molar-refractivity contribution in [3.63, 3.8) is 0 Å². The normalized spacial score (nSPS) is 26.3. The molecule has 3 nitrogen and oxygen atoms in total. The fourth-order valence-electron chi connectivity index (χ4n) is 2.05. The van der Waals surface area contributed by atoms with Crippen molar-refractivity contribution >= 4 is 5.82 Å². The number of aryl methyl sites for hydroxylation is 1. The van der Waals surface area contributed by atoms with Gasteiger partial charge in [-0.25, -0.2) is 4.98 Å². The number of aromatic nitrogens is 1. The lowest BCUT2D eigenvalue weighted by molar-refractivity contribution is 0.389. The molecule has 2 N–H and O–H groups in total. The second kappa shape index (κ2) is 4.62. The molecule has 3 heteroatoms. The number of nitrogens with zero attached hydrogens (tertiary/aromatic N) is 1. The summed E-state index contributed by atoms with van der Waals surface area (Å²) < 4.78 is 0. The summed E-state index contributed by atoms with van der Waals surface area (Å²) in [6, 6.07) is 7.14. The standard InChI is InChI=1S/C12H19N3/c1-9-5-3-7-12(14-9)15-11-6-4-8-13-10(11)2/h3,5,7,10-11,13H,4,6,8H2,1-2H3,(H,14,15). The molecule has 82 valence electrons. The summed E-state index contributed by atoms with van der Waals surface area (Å²) in [5.74, 6) is 0.996. The summed E-state index contributed by atoms with van der Waals surface area (Å²) in [5.41, 5.74) is 1.07. The zero-order valence-electron chi connectivity index (χ0n) is 9.46. The van der Waals surface area contributed by atoms with Crippen LogP contribution in [0.25, 0.3) is 0 Å². The third-order valence-electron chi connectivity index (χ3n) is 2.98. The van der Waals surface area contributed by atoms with E-state index in [0.29, 0.717) is 12.1 Å². The van der Waals surface area contributed by atoms with E-state index in [1.54, 1.807) is 0 Å². The van der Waals surface area contributed by atoms with E-state index < -0.39 is 0 Å². The Kier molecular flexibility index (Phi) is 3.21. The van der Waals surface area contributed by atoms with Gasteiger partial charge in [-0.3, -0.25) is 0 Å². The van der Waals surface area contributed by atoms with Gasteiger partial charge in [0.1, 0.15) is 5.82 Å². The van der Waals surface area contributed by atoms with E-state index >= 15 is 0 Å². The van der Waals surface area contributed by atoms with Crippen LogP contribution >= 0.6 is 0 Å². The molecular weight excluding hydrogens is 186 g/mol. The first-order valence-corrected chi connectivity index (χ1v) is 5.69. The van der Waals surface area contributed by atoms with Gasteiger partial charge in [0.2, 0.25) is 0 Å². The number of anilines is 1. The molecule has 0 amide bonds. The van der Waals surface area contributed by atoms with Gasteiger partial charge in [-0.05, 0) is 45.4 Å². The Morgan fingerprint density at radius 2 is 2.33 bits per heavy atom. The highest BCUT2D eigenvalue weighted by Crippen LogP contribution is 2.14. The highest BCUT2D eigenvalue weighted by molar-refractivity contribution is 5.36.